The minimum atomic E-state index is -0.530. The zero-order valence-electron chi connectivity index (χ0n) is 17.2. The van der Waals surface area contributed by atoms with E-state index in [-0.39, 0.29) is 17.5 Å². The Hall–Kier alpha value is -3.13. The van der Waals surface area contributed by atoms with E-state index in [0.29, 0.717) is 40.1 Å². The van der Waals surface area contributed by atoms with Gasteiger partial charge in [-0.05, 0) is 77.3 Å². The van der Waals surface area contributed by atoms with Crippen molar-refractivity contribution < 1.29 is 23.8 Å². The Morgan fingerprint density at radius 2 is 2.00 bits per heavy atom. The second-order valence-corrected chi connectivity index (χ2v) is 7.85. The van der Waals surface area contributed by atoms with Gasteiger partial charge in [0.2, 0.25) is 11.8 Å². The van der Waals surface area contributed by atoms with Gasteiger partial charge in [0.25, 0.3) is 0 Å². The SMILES string of the molecule is CCOc1c(Br)cc(/C=C2/N=C(c3ccc(N4CCCC4=O)cc3)OC2=O)cc1OC. The Morgan fingerprint density at radius 3 is 2.65 bits per heavy atom. The van der Waals surface area contributed by atoms with Crippen LogP contribution in [0.1, 0.15) is 30.9 Å². The predicted molar refractivity (Wildman–Crippen MR) is 120 cm³/mol. The van der Waals surface area contributed by atoms with E-state index in [1.54, 1.807) is 36.3 Å². The summed E-state index contributed by atoms with van der Waals surface area (Å²) in [7, 11) is 1.56. The summed E-state index contributed by atoms with van der Waals surface area (Å²) < 4.78 is 17.1. The highest BCUT2D eigenvalue weighted by Crippen LogP contribution is 2.37. The van der Waals surface area contributed by atoms with Crippen molar-refractivity contribution in [3.05, 3.63) is 57.7 Å². The van der Waals surface area contributed by atoms with Crippen LogP contribution in [-0.2, 0) is 14.3 Å². The van der Waals surface area contributed by atoms with Crippen molar-refractivity contribution >= 4 is 45.5 Å². The van der Waals surface area contributed by atoms with Crippen LogP contribution in [0.5, 0.6) is 11.5 Å². The number of esters is 1. The Balaban J connectivity index is 1.59. The molecule has 1 saturated heterocycles. The number of nitrogens with zero attached hydrogens (tertiary/aromatic N) is 2. The van der Waals surface area contributed by atoms with Gasteiger partial charge in [-0.25, -0.2) is 9.79 Å². The highest BCUT2D eigenvalue weighted by Gasteiger charge is 2.26. The molecule has 160 valence electrons. The normalized spacial score (nSPS) is 17.2. The molecule has 0 atom stereocenters. The first kappa shape index (κ1) is 21.1. The second kappa shape index (κ2) is 8.93. The highest BCUT2D eigenvalue weighted by molar-refractivity contribution is 9.10. The summed E-state index contributed by atoms with van der Waals surface area (Å²) in [6.07, 6.45) is 3.08. The third-order valence-electron chi connectivity index (χ3n) is 4.96. The van der Waals surface area contributed by atoms with E-state index in [9.17, 15) is 9.59 Å². The van der Waals surface area contributed by atoms with Gasteiger partial charge in [0.15, 0.2) is 17.2 Å². The molecule has 2 aliphatic rings. The lowest BCUT2D eigenvalue weighted by Gasteiger charge is -2.15. The third kappa shape index (κ3) is 4.34. The molecule has 0 radical (unpaired) electrons. The molecule has 0 aromatic heterocycles. The number of anilines is 1. The van der Waals surface area contributed by atoms with Crippen molar-refractivity contribution in [1.82, 2.24) is 0 Å². The van der Waals surface area contributed by atoms with Gasteiger partial charge >= 0.3 is 5.97 Å². The molecule has 0 spiro atoms. The molecule has 0 N–H and O–H groups in total. The van der Waals surface area contributed by atoms with E-state index in [2.05, 4.69) is 20.9 Å². The number of ether oxygens (including phenoxy) is 3. The van der Waals surface area contributed by atoms with E-state index in [4.69, 9.17) is 14.2 Å². The lowest BCUT2D eigenvalue weighted by Crippen LogP contribution is -2.23. The van der Waals surface area contributed by atoms with Gasteiger partial charge in [0, 0.05) is 24.2 Å². The van der Waals surface area contributed by atoms with Gasteiger partial charge in [0.1, 0.15) is 0 Å². The molecule has 0 unspecified atom stereocenters. The van der Waals surface area contributed by atoms with Crippen molar-refractivity contribution in [2.45, 2.75) is 19.8 Å². The van der Waals surface area contributed by atoms with Crippen LogP contribution in [0.2, 0.25) is 0 Å². The van der Waals surface area contributed by atoms with E-state index in [1.165, 1.54) is 0 Å². The summed E-state index contributed by atoms with van der Waals surface area (Å²) >= 11 is 3.48. The van der Waals surface area contributed by atoms with Gasteiger partial charge in [-0.3, -0.25) is 4.79 Å². The molecule has 31 heavy (non-hydrogen) atoms. The molecular formula is C23H21BrN2O5. The van der Waals surface area contributed by atoms with Gasteiger partial charge in [-0.1, -0.05) is 0 Å². The van der Waals surface area contributed by atoms with E-state index < -0.39 is 5.97 Å². The summed E-state index contributed by atoms with van der Waals surface area (Å²) in [5.74, 6) is 0.970. The molecule has 8 heteroatoms. The fraction of sp³-hybridized carbons (Fsp3) is 0.261. The van der Waals surface area contributed by atoms with Crippen LogP contribution in [-0.4, -0.2) is 38.0 Å². The van der Waals surface area contributed by atoms with Crippen LogP contribution < -0.4 is 14.4 Å². The van der Waals surface area contributed by atoms with E-state index in [0.717, 1.165) is 18.7 Å². The van der Waals surface area contributed by atoms with E-state index >= 15 is 0 Å². The number of carbonyl (C=O) groups excluding carboxylic acids is 2. The maximum Gasteiger partial charge on any atom is 0.363 e. The van der Waals surface area contributed by atoms with Crippen LogP contribution in [0.15, 0.2) is 51.6 Å². The first-order chi connectivity index (χ1) is 15.0. The second-order valence-electron chi connectivity index (χ2n) is 7.00. The number of hydrogen-bond donors (Lipinski definition) is 0. The molecule has 2 aromatic rings. The maximum atomic E-state index is 12.4. The number of benzene rings is 2. The summed E-state index contributed by atoms with van der Waals surface area (Å²) in [5, 5.41) is 0. The molecule has 2 aromatic carbocycles. The van der Waals surface area contributed by atoms with Gasteiger partial charge < -0.3 is 19.1 Å². The third-order valence-corrected chi connectivity index (χ3v) is 5.55. The van der Waals surface area contributed by atoms with Gasteiger partial charge in [-0.15, -0.1) is 0 Å². The van der Waals surface area contributed by atoms with Crippen LogP contribution in [0.3, 0.4) is 0 Å². The lowest BCUT2D eigenvalue weighted by molar-refractivity contribution is -0.130. The predicted octanol–water partition coefficient (Wildman–Crippen LogP) is 4.33. The van der Waals surface area contributed by atoms with Gasteiger partial charge in [-0.2, -0.15) is 0 Å². The first-order valence-electron chi connectivity index (χ1n) is 9.94. The smallest absolute Gasteiger partial charge is 0.363 e. The molecule has 1 fully saturated rings. The van der Waals surface area contributed by atoms with Crippen molar-refractivity contribution in [3.63, 3.8) is 0 Å². The molecule has 7 nitrogen and oxygen atoms in total. The fourth-order valence-electron chi connectivity index (χ4n) is 3.50. The molecule has 0 bridgehead atoms. The standard InChI is InChI=1S/C23H21BrN2O5/c1-3-30-21-17(24)11-14(13-19(21)29-2)12-18-23(28)31-22(25-18)15-6-8-16(9-7-15)26-10-4-5-20(26)27/h6-9,11-13H,3-5,10H2,1-2H3/b18-12+. The number of amides is 1. The number of rotatable bonds is 6. The average Bonchev–Trinajstić information content (AvgIpc) is 3.35. The largest absolute Gasteiger partial charge is 0.493 e. The Kier molecular flexibility index (Phi) is 6.08. The molecule has 2 heterocycles. The maximum absolute atomic E-state index is 12.4. The minimum absolute atomic E-state index is 0.125. The zero-order chi connectivity index (χ0) is 22.0. The summed E-state index contributed by atoms with van der Waals surface area (Å²) in [6, 6.07) is 10.9. The Labute approximate surface area is 188 Å². The van der Waals surface area contributed by atoms with Crippen molar-refractivity contribution in [1.29, 1.82) is 0 Å². The summed E-state index contributed by atoms with van der Waals surface area (Å²) in [5.41, 5.74) is 2.40. The Bertz CT molecular complexity index is 1090. The molecule has 0 saturated carbocycles. The zero-order valence-corrected chi connectivity index (χ0v) is 18.8. The number of cyclic esters (lactones) is 1. The van der Waals surface area contributed by atoms with Crippen LogP contribution in [0.4, 0.5) is 5.69 Å². The number of carbonyl (C=O) groups is 2. The van der Waals surface area contributed by atoms with Crippen molar-refractivity contribution in [2.24, 2.45) is 4.99 Å². The number of halogens is 1. The van der Waals surface area contributed by atoms with Gasteiger partial charge in [0.05, 0.1) is 18.2 Å². The average molecular weight is 485 g/mol. The topological polar surface area (TPSA) is 77.4 Å². The molecular weight excluding hydrogens is 464 g/mol. The van der Waals surface area contributed by atoms with Crippen LogP contribution >= 0.6 is 15.9 Å². The van der Waals surface area contributed by atoms with Crippen LogP contribution in [0.25, 0.3) is 6.08 Å². The summed E-state index contributed by atoms with van der Waals surface area (Å²) in [6.45, 7) is 3.12. The molecule has 0 aliphatic carbocycles. The molecule has 2 aliphatic heterocycles. The van der Waals surface area contributed by atoms with Crippen molar-refractivity contribution in [3.8, 4) is 11.5 Å². The summed E-state index contributed by atoms with van der Waals surface area (Å²) in [4.78, 5) is 30.4. The monoisotopic (exact) mass is 484 g/mol. The molecule has 4 rings (SSSR count). The number of methoxy groups -OCH3 is 1. The van der Waals surface area contributed by atoms with Crippen molar-refractivity contribution in [2.75, 3.05) is 25.2 Å². The minimum Gasteiger partial charge on any atom is -0.493 e. The van der Waals surface area contributed by atoms with Crippen LogP contribution in [0, 0.1) is 0 Å². The lowest BCUT2D eigenvalue weighted by atomic mass is 10.1. The number of aliphatic imine (C=N–C) groups is 1. The highest BCUT2D eigenvalue weighted by atomic mass is 79.9. The Morgan fingerprint density at radius 1 is 1.23 bits per heavy atom. The molecule has 1 amide bonds. The first-order valence-corrected chi connectivity index (χ1v) is 10.7. The van der Waals surface area contributed by atoms with E-state index in [1.807, 2.05) is 25.1 Å². The number of hydrogen-bond acceptors (Lipinski definition) is 6. The fourth-order valence-corrected chi connectivity index (χ4v) is 4.08. The quantitative estimate of drug-likeness (QED) is 0.450.